The lowest BCUT2D eigenvalue weighted by Crippen LogP contribution is -2.28. The molecule has 0 aliphatic carbocycles. The van der Waals surface area contributed by atoms with Crippen molar-refractivity contribution >= 4 is 20.0 Å². The largest absolute Gasteiger partial charge is 0.242 e. The number of benzene rings is 1. The number of nitrogens with zero attached hydrogens (tertiary/aromatic N) is 1. The van der Waals surface area contributed by atoms with E-state index in [2.05, 4.69) is 6.58 Å². The van der Waals surface area contributed by atoms with Gasteiger partial charge in [0.1, 0.15) is 0 Å². The quantitative estimate of drug-likeness (QED) is 0.597. The van der Waals surface area contributed by atoms with Gasteiger partial charge in [0.05, 0.1) is 9.79 Å². The molecule has 0 bridgehead atoms. The summed E-state index contributed by atoms with van der Waals surface area (Å²) in [6.07, 6.45) is 3.13. The Bertz CT molecular complexity index is 664. The fraction of sp³-hybridized carbons (Fsp3) is 0.333. The van der Waals surface area contributed by atoms with Crippen molar-refractivity contribution in [2.24, 2.45) is 5.14 Å². The molecule has 112 valence electrons. The van der Waals surface area contributed by atoms with Gasteiger partial charge in [-0.05, 0) is 37.1 Å². The van der Waals surface area contributed by atoms with Crippen molar-refractivity contribution in [3.05, 3.63) is 36.9 Å². The minimum Gasteiger partial charge on any atom is -0.225 e. The average molecular weight is 318 g/mol. The molecule has 0 aromatic heterocycles. The van der Waals surface area contributed by atoms with Crippen LogP contribution in [0, 0.1) is 0 Å². The SMILES string of the molecule is C=CCCCN(C)S(=O)(=O)c1ccc(S(N)(=O)=O)cc1. The Hall–Kier alpha value is -1.22. The molecular weight excluding hydrogens is 300 g/mol. The van der Waals surface area contributed by atoms with E-state index < -0.39 is 20.0 Å². The van der Waals surface area contributed by atoms with Gasteiger partial charge in [0, 0.05) is 13.6 Å². The fourth-order valence-corrected chi connectivity index (χ4v) is 3.28. The smallest absolute Gasteiger partial charge is 0.225 e. The lowest BCUT2D eigenvalue weighted by atomic mass is 10.3. The van der Waals surface area contributed by atoms with Gasteiger partial charge in [-0.2, -0.15) is 0 Å². The second kappa shape index (κ2) is 6.49. The summed E-state index contributed by atoms with van der Waals surface area (Å²) in [6.45, 7) is 3.94. The van der Waals surface area contributed by atoms with Crippen LogP contribution in [0.3, 0.4) is 0 Å². The maximum atomic E-state index is 12.2. The van der Waals surface area contributed by atoms with Crippen LogP contribution in [0.2, 0.25) is 0 Å². The zero-order valence-corrected chi connectivity index (χ0v) is 12.8. The van der Waals surface area contributed by atoms with Crippen LogP contribution in [0.5, 0.6) is 0 Å². The normalized spacial score (nSPS) is 12.6. The van der Waals surface area contributed by atoms with Gasteiger partial charge in [-0.25, -0.2) is 26.3 Å². The van der Waals surface area contributed by atoms with Gasteiger partial charge in [0.25, 0.3) is 0 Å². The Kier molecular flexibility index (Phi) is 5.46. The van der Waals surface area contributed by atoms with Gasteiger partial charge in [0.15, 0.2) is 0 Å². The second-order valence-corrected chi connectivity index (χ2v) is 7.88. The van der Waals surface area contributed by atoms with Crippen LogP contribution >= 0.6 is 0 Å². The molecule has 1 aromatic carbocycles. The summed E-state index contributed by atoms with van der Waals surface area (Å²) in [6, 6.07) is 4.83. The Morgan fingerprint density at radius 1 is 1.15 bits per heavy atom. The first kappa shape index (κ1) is 16.8. The molecule has 0 saturated heterocycles. The molecule has 0 aliphatic heterocycles. The number of hydrogen-bond acceptors (Lipinski definition) is 4. The molecule has 0 aliphatic rings. The molecule has 1 rings (SSSR count). The lowest BCUT2D eigenvalue weighted by molar-refractivity contribution is 0.462. The molecule has 6 nitrogen and oxygen atoms in total. The van der Waals surface area contributed by atoms with Crippen molar-refractivity contribution < 1.29 is 16.8 Å². The maximum absolute atomic E-state index is 12.2. The minimum atomic E-state index is -3.82. The number of primary sulfonamides is 1. The van der Waals surface area contributed by atoms with E-state index in [0.717, 1.165) is 6.42 Å². The topological polar surface area (TPSA) is 97.5 Å². The Labute approximate surface area is 120 Å². The summed E-state index contributed by atoms with van der Waals surface area (Å²) < 4.78 is 47.9. The molecule has 0 radical (unpaired) electrons. The van der Waals surface area contributed by atoms with Gasteiger partial charge < -0.3 is 0 Å². The van der Waals surface area contributed by atoms with Gasteiger partial charge in [-0.1, -0.05) is 6.08 Å². The van der Waals surface area contributed by atoms with Crippen LogP contribution in [0.4, 0.5) is 0 Å². The molecule has 0 unspecified atom stereocenters. The van der Waals surface area contributed by atoms with Crippen LogP contribution in [0.25, 0.3) is 0 Å². The van der Waals surface area contributed by atoms with Crippen molar-refractivity contribution in [3.8, 4) is 0 Å². The summed E-state index contributed by atoms with van der Waals surface area (Å²) in [4.78, 5) is -0.0863. The zero-order valence-electron chi connectivity index (χ0n) is 11.2. The number of hydrogen-bond donors (Lipinski definition) is 1. The van der Waals surface area contributed by atoms with Crippen molar-refractivity contribution in [2.75, 3.05) is 13.6 Å². The fourth-order valence-electron chi connectivity index (χ4n) is 1.56. The molecule has 2 N–H and O–H groups in total. The van der Waals surface area contributed by atoms with E-state index in [1.54, 1.807) is 6.08 Å². The van der Waals surface area contributed by atoms with E-state index in [-0.39, 0.29) is 9.79 Å². The predicted molar refractivity (Wildman–Crippen MR) is 77.1 cm³/mol. The molecule has 0 saturated carbocycles. The van der Waals surface area contributed by atoms with Crippen LogP contribution in [0.1, 0.15) is 12.8 Å². The summed E-state index contributed by atoms with van der Waals surface area (Å²) in [5.74, 6) is 0. The Morgan fingerprint density at radius 2 is 1.65 bits per heavy atom. The van der Waals surface area contributed by atoms with E-state index in [9.17, 15) is 16.8 Å². The van der Waals surface area contributed by atoms with E-state index in [0.29, 0.717) is 13.0 Å². The van der Waals surface area contributed by atoms with E-state index in [1.807, 2.05) is 0 Å². The number of unbranched alkanes of at least 4 members (excludes halogenated alkanes) is 1. The van der Waals surface area contributed by atoms with Crippen molar-refractivity contribution in [1.82, 2.24) is 4.31 Å². The maximum Gasteiger partial charge on any atom is 0.242 e. The van der Waals surface area contributed by atoms with Crippen molar-refractivity contribution in [2.45, 2.75) is 22.6 Å². The second-order valence-electron chi connectivity index (χ2n) is 4.27. The van der Waals surface area contributed by atoms with Gasteiger partial charge in [-0.3, -0.25) is 0 Å². The minimum absolute atomic E-state index is 0.0333. The summed E-state index contributed by atoms with van der Waals surface area (Å²) >= 11 is 0. The van der Waals surface area contributed by atoms with Crippen molar-refractivity contribution in [3.63, 3.8) is 0 Å². The molecular formula is C12H18N2O4S2. The standard InChI is InChI=1S/C12H18N2O4S2/c1-3-4-5-10-14(2)20(17,18)12-8-6-11(7-9-12)19(13,15)16/h3,6-9H,1,4-5,10H2,2H3,(H2,13,15,16). The molecule has 20 heavy (non-hydrogen) atoms. The highest BCUT2D eigenvalue weighted by atomic mass is 32.2. The summed E-state index contributed by atoms with van der Waals surface area (Å²) in [5.41, 5.74) is 0. The van der Waals surface area contributed by atoms with Crippen molar-refractivity contribution in [1.29, 1.82) is 0 Å². The molecule has 8 heteroatoms. The Balaban J connectivity index is 2.96. The summed E-state index contributed by atoms with van der Waals surface area (Å²) in [5, 5.41) is 4.96. The first-order chi connectivity index (χ1) is 9.19. The molecule has 0 spiro atoms. The number of allylic oxidation sites excluding steroid dienone is 1. The molecule has 0 fully saturated rings. The first-order valence-corrected chi connectivity index (χ1v) is 8.88. The molecule has 0 atom stereocenters. The number of sulfonamides is 2. The molecule has 0 heterocycles. The monoisotopic (exact) mass is 318 g/mol. The zero-order chi connectivity index (χ0) is 15.4. The van der Waals surface area contributed by atoms with Crippen LogP contribution < -0.4 is 5.14 Å². The molecule has 0 amide bonds. The third-order valence-electron chi connectivity index (χ3n) is 2.74. The van der Waals surface area contributed by atoms with Gasteiger partial charge in [-0.15, -0.1) is 6.58 Å². The highest BCUT2D eigenvalue weighted by Gasteiger charge is 2.20. The van der Waals surface area contributed by atoms with Crippen LogP contribution in [0.15, 0.2) is 46.7 Å². The first-order valence-electron chi connectivity index (χ1n) is 5.89. The van der Waals surface area contributed by atoms with Crippen LogP contribution in [-0.2, 0) is 20.0 Å². The highest BCUT2D eigenvalue weighted by molar-refractivity contribution is 7.89. The summed E-state index contributed by atoms with van der Waals surface area (Å²) in [7, 11) is -5.96. The van der Waals surface area contributed by atoms with E-state index in [1.165, 1.54) is 35.6 Å². The van der Waals surface area contributed by atoms with E-state index >= 15 is 0 Å². The van der Waals surface area contributed by atoms with E-state index in [4.69, 9.17) is 5.14 Å². The third-order valence-corrected chi connectivity index (χ3v) is 5.54. The Morgan fingerprint density at radius 3 is 2.10 bits per heavy atom. The highest BCUT2D eigenvalue weighted by Crippen LogP contribution is 2.17. The van der Waals surface area contributed by atoms with Gasteiger partial charge in [0.2, 0.25) is 20.0 Å². The number of rotatable bonds is 7. The predicted octanol–water partition coefficient (Wildman–Crippen LogP) is 0.921. The van der Waals surface area contributed by atoms with Gasteiger partial charge >= 0.3 is 0 Å². The average Bonchev–Trinajstić information content (AvgIpc) is 2.38. The molecule has 1 aromatic rings. The lowest BCUT2D eigenvalue weighted by Gasteiger charge is -2.16. The van der Waals surface area contributed by atoms with Crippen LogP contribution in [-0.4, -0.2) is 34.7 Å². The third kappa shape index (κ3) is 4.14. The number of nitrogens with two attached hydrogens (primary N) is 1.